The lowest BCUT2D eigenvalue weighted by atomic mass is 10.2. The van der Waals surface area contributed by atoms with Gasteiger partial charge < -0.3 is 10.3 Å². The largest absolute Gasteiger partial charge is 0.433 e. The first-order valence-electron chi connectivity index (χ1n) is 8.11. The third-order valence-corrected chi connectivity index (χ3v) is 3.96. The minimum atomic E-state index is -4.59. The smallest absolute Gasteiger partial charge is 0.359 e. The molecule has 0 saturated carbocycles. The summed E-state index contributed by atoms with van der Waals surface area (Å²) in [5.74, 6) is 0.0155. The lowest BCUT2D eigenvalue weighted by Crippen LogP contribution is -2.11. The van der Waals surface area contributed by atoms with E-state index in [0.29, 0.717) is 11.3 Å². The van der Waals surface area contributed by atoms with Crippen LogP contribution in [-0.2, 0) is 6.18 Å². The van der Waals surface area contributed by atoms with E-state index in [4.69, 9.17) is 0 Å². The van der Waals surface area contributed by atoms with Gasteiger partial charge in [0.2, 0.25) is 0 Å². The Labute approximate surface area is 152 Å². The minimum Gasteiger partial charge on any atom is -0.359 e. The predicted octanol–water partition coefficient (Wildman–Crippen LogP) is 5.09. The Balaban J connectivity index is 1.76. The summed E-state index contributed by atoms with van der Waals surface area (Å²) in [5.41, 5.74) is 1.97. The number of aromatic nitrogens is 4. The Kier molecular flexibility index (Phi) is 4.02. The van der Waals surface area contributed by atoms with E-state index in [-0.39, 0.29) is 11.6 Å². The van der Waals surface area contributed by atoms with E-state index in [1.165, 1.54) is 12.4 Å². The van der Waals surface area contributed by atoms with Crippen molar-refractivity contribution in [1.82, 2.24) is 19.9 Å². The number of benzene rings is 1. The maximum absolute atomic E-state index is 13.3. The molecule has 27 heavy (non-hydrogen) atoms. The van der Waals surface area contributed by atoms with Crippen LogP contribution in [0.2, 0.25) is 0 Å². The number of nitrogens with one attached hydrogen (secondary N) is 2. The number of rotatable bonds is 3. The fourth-order valence-corrected chi connectivity index (χ4v) is 2.78. The van der Waals surface area contributed by atoms with Crippen molar-refractivity contribution < 1.29 is 13.2 Å². The van der Waals surface area contributed by atoms with Crippen molar-refractivity contribution in [3.63, 3.8) is 0 Å². The number of hydrogen-bond donors (Lipinski definition) is 2. The molecule has 0 bridgehead atoms. The molecule has 0 unspecified atom stereocenters. The van der Waals surface area contributed by atoms with Crippen LogP contribution < -0.4 is 5.32 Å². The van der Waals surface area contributed by atoms with E-state index >= 15 is 0 Å². The van der Waals surface area contributed by atoms with Gasteiger partial charge in [0.15, 0.2) is 11.5 Å². The van der Waals surface area contributed by atoms with Crippen LogP contribution in [0.25, 0.3) is 22.3 Å². The third kappa shape index (κ3) is 3.59. The second kappa shape index (κ2) is 6.39. The Morgan fingerprint density at radius 3 is 2.63 bits per heavy atom. The zero-order chi connectivity index (χ0) is 19.0. The number of alkyl halides is 3. The number of aryl methyl sites for hydroxylation is 1. The summed E-state index contributed by atoms with van der Waals surface area (Å²) in [6.07, 6.45) is -1.63. The molecule has 0 radical (unpaired) electrons. The van der Waals surface area contributed by atoms with E-state index in [0.717, 1.165) is 22.7 Å². The quantitative estimate of drug-likeness (QED) is 0.528. The number of hydrogen-bond acceptors (Lipinski definition) is 4. The summed E-state index contributed by atoms with van der Waals surface area (Å²) in [7, 11) is 0. The molecule has 4 rings (SSSR count). The zero-order valence-electron chi connectivity index (χ0n) is 14.2. The summed E-state index contributed by atoms with van der Waals surface area (Å²) in [5, 5.41) is 3.90. The van der Waals surface area contributed by atoms with Gasteiger partial charge in [-0.3, -0.25) is 4.98 Å². The Morgan fingerprint density at radius 2 is 1.89 bits per heavy atom. The van der Waals surface area contributed by atoms with Crippen molar-refractivity contribution in [1.29, 1.82) is 0 Å². The average Bonchev–Trinajstić information content (AvgIpc) is 3.01. The van der Waals surface area contributed by atoms with Crippen LogP contribution in [0.3, 0.4) is 0 Å². The molecule has 3 heterocycles. The first-order valence-corrected chi connectivity index (χ1v) is 8.11. The first kappa shape index (κ1) is 17.0. The van der Waals surface area contributed by atoms with Crippen LogP contribution in [-0.4, -0.2) is 19.9 Å². The van der Waals surface area contributed by atoms with Gasteiger partial charge in [0.25, 0.3) is 0 Å². The van der Waals surface area contributed by atoms with Gasteiger partial charge in [0.1, 0.15) is 5.82 Å². The monoisotopic (exact) mass is 369 g/mol. The lowest BCUT2D eigenvalue weighted by molar-refractivity contribution is -0.141. The van der Waals surface area contributed by atoms with Gasteiger partial charge in [0, 0.05) is 46.3 Å². The SMILES string of the molecule is Cc1cc2cc(Nc3cc(C(F)(F)F)nc(-c4cccnc4)n3)ccc2[nH]1. The van der Waals surface area contributed by atoms with Crippen LogP contribution in [0.1, 0.15) is 11.4 Å². The van der Waals surface area contributed by atoms with Crippen molar-refractivity contribution in [2.45, 2.75) is 13.1 Å². The maximum atomic E-state index is 13.3. The Bertz CT molecular complexity index is 1100. The number of nitrogens with zero attached hydrogens (tertiary/aromatic N) is 3. The molecule has 8 heteroatoms. The maximum Gasteiger partial charge on any atom is 0.433 e. The van der Waals surface area contributed by atoms with Crippen molar-refractivity contribution in [2.24, 2.45) is 0 Å². The minimum absolute atomic E-state index is 0.0426. The molecule has 3 aromatic heterocycles. The van der Waals surface area contributed by atoms with E-state index in [9.17, 15) is 13.2 Å². The van der Waals surface area contributed by atoms with Gasteiger partial charge in [-0.15, -0.1) is 0 Å². The topological polar surface area (TPSA) is 66.5 Å². The lowest BCUT2D eigenvalue weighted by Gasteiger charge is -2.12. The summed E-state index contributed by atoms with van der Waals surface area (Å²) < 4.78 is 39.8. The van der Waals surface area contributed by atoms with Gasteiger partial charge in [-0.25, -0.2) is 9.97 Å². The molecule has 2 N–H and O–H groups in total. The molecule has 0 aliphatic rings. The molecular formula is C19H14F3N5. The normalized spacial score (nSPS) is 11.7. The van der Waals surface area contributed by atoms with E-state index in [2.05, 4.69) is 25.3 Å². The van der Waals surface area contributed by atoms with Crippen LogP contribution in [0.4, 0.5) is 24.7 Å². The van der Waals surface area contributed by atoms with Gasteiger partial charge >= 0.3 is 6.18 Å². The van der Waals surface area contributed by atoms with Crippen molar-refractivity contribution in [2.75, 3.05) is 5.32 Å². The molecule has 0 aliphatic carbocycles. The highest BCUT2D eigenvalue weighted by molar-refractivity contribution is 5.84. The Hall–Kier alpha value is -3.42. The van der Waals surface area contributed by atoms with Crippen LogP contribution in [0, 0.1) is 6.92 Å². The molecule has 0 fully saturated rings. The predicted molar refractivity (Wildman–Crippen MR) is 96.6 cm³/mol. The standard InChI is InChI=1S/C19H14F3N5/c1-11-7-13-8-14(4-5-15(13)24-11)25-17-9-16(19(20,21)22)26-18(27-17)12-3-2-6-23-10-12/h2-10,24H,1H3,(H,25,26,27). The summed E-state index contributed by atoms with van der Waals surface area (Å²) in [6.45, 7) is 1.94. The van der Waals surface area contributed by atoms with Crippen LogP contribution in [0.5, 0.6) is 0 Å². The molecule has 0 saturated heterocycles. The summed E-state index contributed by atoms with van der Waals surface area (Å²) in [6, 6.07) is 11.6. The van der Waals surface area contributed by atoms with Crippen molar-refractivity contribution in [3.8, 4) is 11.4 Å². The highest BCUT2D eigenvalue weighted by Gasteiger charge is 2.34. The molecule has 5 nitrogen and oxygen atoms in total. The fourth-order valence-electron chi connectivity index (χ4n) is 2.78. The summed E-state index contributed by atoms with van der Waals surface area (Å²) in [4.78, 5) is 15.0. The molecule has 136 valence electrons. The molecule has 0 atom stereocenters. The van der Waals surface area contributed by atoms with Crippen LogP contribution >= 0.6 is 0 Å². The number of H-pyrrole nitrogens is 1. The van der Waals surface area contributed by atoms with Gasteiger partial charge in [0.05, 0.1) is 0 Å². The summed E-state index contributed by atoms with van der Waals surface area (Å²) >= 11 is 0. The molecule has 1 aromatic carbocycles. The molecule has 0 amide bonds. The molecule has 4 aromatic rings. The van der Waals surface area contributed by atoms with Gasteiger partial charge in [-0.2, -0.15) is 13.2 Å². The second-order valence-corrected chi connectivity index (χ2v) is 6.08. The highest BCUT2D eigenvalue weighted by Crippen LogP contribution is 2.31. The van der Waals surface area contributed by atoms with Crippen LogP contribution in [0.15, 0.2) is 54.9 Å². The second-order valence-electron chi connectivity index (χ2n) is 6.08. The highest BCUT2D eigenvalue weighted by atomic mass is 19.4. The average molecular weight is 369 g/mol. The first-order chi connectivity index (χ1) is 12.9. The van der Waals surface area contributed by atoms with Gasteiger partial charge in [-0.1, -0.05) is 0 Å². The zero-order valence-corrected chi connectivity index (χ0v) is 14.2. The molecule has 0 spiro atoms. The number of fused-ring (bicyclic) bond motifs is 1. The van der Waals surface area contributed by atoms with E-state index in [1.54, 1.807) is 18.2 Å². The number of halogens is 3. The number of anilines is 2. The number of pyridine rings is 1. The third-order valence-electron chi connectivity index (χ3n) is 3.96. The molecular weight excluding hydrogens is 355 g/mol. The van der Waals surface area contributed by atoms with Gasteiger partial charge in [-0.05, 0) is 43.3 Å². The van der Waals surface area contributed by atoms with E-state index < -0.39 is 11.9 Å². The number of aromatic amines is 1. The van der Waals surface area contributed by atoms with Crippen molar-refractivity contribution >= 4 is 22.4 Å². The Morgan fingerprint density at radius 1 is 1.04 bits per heavy atom. The van der Waals surface area contributed by atoms with E-state index in [1.807, 2.05) is 25.1 Å². The fraction of sp³-hybridized carbons (Fsp3) is 0.105. The van der Waals surface area contributed by atoms with Crippen molar-refractivity contribution in [3.05, 3.63) is 66.2 Å². The molecule has 0 aliphatic heterocycles.